The number of para-hydroxylation sites is 1. The number of aromatic nitrogens is 2. The Morgan fingerprint density at radius 1 is 1.12 bits per heavy atom. The average molecular weight is 322 g/mol. The maximum absolute atomic E-state index is 12.7. The molecule has 0 spiro atoms. The van der Waals surface area contributed by atoms with Crippen LogP contribution in [-0.2, 0) is 13.0 Å². The van der Waals surface area contributed by atoms with Crippen LogP contribution in [0.3, 0.4) is 0 Å². The molecule has 2 aromatic carbocycles. The van der Waals surface area contributed by atoms with Gasteiger partial charge in [0.2, 0.25) is 0 Å². The fourth-order valence-corrected chi connectivity index (χ4v) is 2.61. The lowest BCUT2D eigenvalue weighted by Crippen LogP contribution is -2.27. The zero-order valence-corrected chi connectivity index (χ0v) is 13.4. The highest BCUT2D eigenvalue weighted by atomic mass is 16.5. The molecule has 1 heterocycles. The van der Waals surface area contributed by atoms with Gasteiger partial charge in [-0.15, -0.1) is 0 Å². The van der Waals surface area contributed by atoms with Gasteiger partial charge in [0, 0.05) is 12.0 Å². The predicted molar refractivity (Wildman–Crippen MR) is 92.7 cm³/mol. The molecule has 0 fully saturated rings. The Hall–Kier alpha value is -2.95. The van der Waals surface area contributed by atoms with E-state index in [4.69, 9.17) is 4.74 Å². The zero-order chi connectivity index (χ0) is 16.9. The first kappa shape index (κ1) is 15.9. The lowest BCUT2D eigenvalue weighted by atomic mass is 10.2. The second kappa shape index (κ2) is 7.08. The van der Waals surface area contributed by atoms with Gasteiger partial charge in [-0.25, -0.2) is 4.98 Å². The van der Waals surface area contributed by atoms with Gasteiger partial charge in [-0.1, -0.05) is 19.1 Å². The summed E-state index contributed by atoms with van der Waals surface area (Å²) in [6.07, 6.45) is 1.46. The molecule has 0 N–H and O–H groups in total. The molecule has 0 saturated heterocycles. The van der Waals surface area contributed by atoms with Gasteiger partial charge < -0.3 is 4.74 Å². The molecular weight excluding hydrogens is 304 g/mol. The summed E-state index contributed by atoms with van der Waals surface area (Å²) in [6.45, 7) is 2.76. The Morgan fingerprint density at radius 3 is 2.58 bits per heavy atom. The summed E-state index contributed by atoms with van der Waals surface area (Å²) < 4.78 is 7.34. The van der Waals surface area contributed by atoms with Crippen molar-refractivity contribution in [3.63, 3.8) is 0 Å². The van der Waals surface area contributed by atoms with Crippen molar-refractivity contribution in [3.05, 3.63) is 70.3 Å². The van der Waals surface area contributed by atoms with E-state index in [0.717, 1.165) is 17.6 Å². The van der Waals surface area contributed by atoms with Crippen LogP contribution in [-0.4, -0.2) is 22.4 Å². The van der Waals surface area contributed by atoms with Crippen LogP contribution in [0.1, 0.15) is 23.1 Å². The number of aldehydes is 1. The van der Waals surface area contributed by atoms with Gasteiger partial charge in [-0.05, 0) is 36.4 Å². The molecule has 0 bridgehead atoms. The first-order valence-corrected chi connectivity index (χ1v) is 7.89. The van der Waals surface area contributed by atoms with Crippen molar-refractivity contribution in [3.8, 4) is 5.75 Å². The number of rotatable bonds is 6. The van der Waals surface area contributed by atoms with E-state index in [2.05, 4.69) is 4.98 Å². The molecule has 3 rings (SSSR count). The standard InChI is InChI=1S/C19H18N2O3/c1-2-18-20-17-6-4-3-5-16(17)19(23)21(18)11-12-24-15-9-7-14(13-22)8-10-15/h3-10,13H,2,11-12H2,1H3. The van der Waals surface area contributed by atoms with Gasteiger partial charge in [0.1, 0.15) is 24.5 Å². The molecule has 0 atom stereocenters. The minimum atomic E-state index is -0.0441. The highest BCUT2D eigenvalue weighted by Crippen LogP contribution is 2.12. The summed E-state index contributed by atoms with van der Waals surface area (Å²) in [7, 11) is 0. The number of ether oxygens (including phenoxy) is 1. The maximum atomic E-state index is 12.7. The Balaban J connectivity index is 1.80. The SMILES string of the molecule is CCc1nc2ccccc2c(=O)n1CCOc1ccc(C=O)cc1. The number of carbonyl (C=O) groups excluding carboxylic acids is 1. The van der Waals surface area contributed by atoms with Crippen molar-refractivity contribution >= 4 is 17.2 Å². The number of fused-ring (bicyclic) bond motifs is 1. The second-order valence-electron chi connectivity index (χ2n) is 5.39. The highest BCUT2D eigenvalue weighted by Gasteiger charge is 2.09. The van der Waals surface area contributed by atoms with Crippen LogP contribution in [0, 0.1) is 0 Å². The zero-order valence-electron chi connectivity index (χ0n) is 13.4. The largest absolute Gasteiger partial charge is 0.492 e. The minimum absolute atomic E-state index is 0.0441. The summed E-state index contributed by atoms with van der Waals surface area (Å²) in [5.74, 6) is 1.42. The molecule has 24 heavy (non-hydrogen) atoms. The lowest BCUT2D eigenvalue weighted by molar-refractivity contribution is 0.112. The Bertz CT molecular complexity index is 914. The number of nitrogens with zero attached hydrogens (tertiary/aromatic N) is 2. The summed E-state index contributed by atoms with van der Waals surface area (Å²) in [6, 6.07) is 14.2. The van der Waals surface area contributed by atoms with Gasteiger partial charge in [0.25, 0.3) is 5.56 Å². The summed E-state index contributed by atoms with van der Waals surface area (Å²) in [5.41, 5.74) is 1.28. The summed E-state index contributed by atoms with van der Waals surface area (Å²) >= 11 is 0. The van der Waals surface area contributed by atoms with E-state index in [1.165, 1.54) is 0 Å². The smallest absolute Gasteiger partial charge is 0.261 e. The Labute approximate surface area is 139 Å². The molecular formula is C19H18N2O3. The molecule has 1 aromatic heterocycles. The third kappa shape index (κ3) is 3.20. The van der Waals surface area contributed by atoms with Crippen LogP contribution in [0.25, 0.3) is 10.9 Å². The van der Waals surface area contributed by atoms with Crippen LogP contribution in [0.15, 0.2) is 53.3 Å². The average Bonchev–Trinajstić information content (AvgIpc) is 2.64. The van der Waals surface area contributed by atoms with Gasteiger partial charge in [0.05, 0.1) is 17.4 Å². The van der Waals surface area contributed by atoms with Gasteiger partial charge in [-0.2, -0.15) is 0 Å². The molecule has 122 valence electrons. The van der Waals surface area contributed by atoms with Crippen LogP contribution in [0.4, 0.5) is 0 Å². The third-order valence-electron chi connectivity index (χ3n) is 3.86. The number of hydrogen-bond acceptors (Lipinski definition) is 4. The summed E-state index contributed by atoms with van der Waals surface area (Å²) in [4.78, 5) is 27.9. The monoisotopic (exact) mass is 322 g/mol. The fourth-order valence-electron chi connectivity index (χ4n) is 2.61. The maximum Gasteiger partial charge on any atom is 0.261 e. The van der Waals surface area contributed by atoms with Crippen LogP contribution < -0.4 is 10.3 Å². The third-order valence-corrected chi connectivity index (χ3v) is 3.86. The first-order valence-electron chi connectivity index (χ1n) is 7.89. The van der Waals surface area contributed by atoms with Gasteiger partial charge in [-0.3, -0.25) is 14.2 Å². The van der Waals surface area contributed by atoms with Crippen molar-refractivity contribution in [2.45, 2.75) is 19.9 Å². The van der Waals surface area contributed by atoms with E-state index in [1.807, 2.05) is 25.1 Å². The number of hydrogen-bond donors (Lipinski definition) is 0. The van der Waals surface area contributed by atoms with E-state index in [1.54, 1.807) is 34.9 Å². The predicted octanol–water partition coefficient (Wildman–Crippen LogP) is 2.85. The van der Waals surface area contributed by atoms with Crippen LogP contribution >= 0.6 is 0 Å². The Morgan fingerprint density at radius 2 is 1.88 bits per heavy atom. The summed E-state index contributed by atoms with van der Waals surface area (Å²) in [5, 5.41) is 0.616. The molecule has 0 unspecified atom stereocenters. The van der Waals surface area contributed by atoms with Crippen molar-refractivity contribution in [2.24, 2.45) is 0 Å². The molecule has 5 heteroatoms. The first-order chi connectivity index (χ1) is 11.7. The minimum Gasteiger partial charge on any atom is -0.492 e. The molecule has 0 aliphatic heterocycles. The lowest BCUT2D eigenvalue weighted by Gasteiger charge is -2.13. The topological polar surface area (TPSA) is 61.2 Å². The van der Waals surface area contributed by atoms with Gasteiger partial charge >= 0.3 is 0 Å². The fraction of sp³-hybridized carbons (Fsp3) is 0.211. The quantitative estimate of drug-likeness (QED) is 0.655. The van der Waals surface area contributed by atoms with Crippen molar-refractivity contribution in [2.75, 3.05) is 6.61 Å². The van der Waals surface area contributed by atoms with Crippen LogP contribution in [0.5, 0.6) is 5.75 Å². The molecule has 0 aliphatic rings. The normalized spacial score (nSPS) is 10.7. The number of carbonyl (C=O) groups is 1. The Kier molecular flexibility index (Phi) is 4.70. The van der Waals surface area contributed by atoms with Gasteiger partial charge in [0.15, 0.2) is 0 Å². The highest BCUT2D eigenvalue weighted by molar-refractivity contribution is 5.77. The molecule has 0 amide bonds. The van der Waals surface area contributed by atoms with E-state index < -0.39 is 0 Å². The molecule has 0 aliphatic carbocycles. The number of benzene rings is 2. The van der Waals surface area contributed by atoms with E-state index in [0.29, 0.717) is 36.3 Å². The van der Waals surface area contributed by atoms with Crippen molar-refractivity contribution in [1.29, 1.82) is 0 Å². The molecule has 0 radical (unpaired) electrons. The van der Waals surface area contributed by atoms with Crippen molar-refractivity contribution < 1.29 is 9.53 Å². The van der Waals surface area contributed by atoms with E-state index >= 15 is 0 Å². The molecule has 5 nitrogen and oxygen atoms in total. The van der Waals surface area contributed by atoms with E-state index in [9.17, 15) is 9.59 Å². The van der Waals surface area contributed by atoms with Crippen molar-refractivity contribution in [1.82, 2.24) is 9.55 Å². The van der Waals surface area contributed by atoms with Crippen LogP contribution in [0.2, 0.25) is 0 Å². The second-order valence-corrected chi connectivity index (χ2v) is 5.39. The number of aryl methyl sites for hydroxylation is 1. The van der Waals surface area contributed by atoms with E-state index in [-0.39, 0.29) is 5.56 Å². The molecule has 0 saturated carbocycles. The molecule has 3 aromatic rings.